The molecular weight excluding hydrogens is 605 g/mol. The molecule has 3 rings (SSSR count). The van der Waals surface area contributed by atoms with Crippen LogP contribution in [0.25, 0.3) is 0 Å². The summed E-state index contributed by atoms with van der Waals surface area (Å²) in [4.78, 5) is 27.7. The summed E-state index contributed by atoms with van der Waals surface area (Å²) in [6, 6.07) is 10.2. The Bertz CT molecular complexity index is 1250. The molecule has 11 heteroatoms. The number of nitrogens with zero attached hydrogens (tertiary/aromatic N) is 1. The van der Waals surface area contributed by atoms with Crippen molar-refractivity contribution in [3.63, 3.8) is 0 Å². The van der Waals surface area contributed by atoms with Crippen LogP contribution in [-0.2, 0) is 13.6 Å². The molecule has 1 fully saturated rings. The number of rotatable bonds is 10. The van der Waals surface area contributed by atoms with Gasteiger partial charge in [0.25, 0.3) is 0 Å². The van der Waals surface area contributed by atoms with Crippen LogP contribution in [-0.4, -0.2) is 66.6 Å². The predicted molar refractivity (Wildman–Crippen MR) is 169 cm³/mol. The van der Waals surface area contributed by atoms with Crippen LogP contribution in [0.15, 0.2) is 46.1 Å². The van der Waals surface area contributed by atoms with Crippen molar-refractivity contribution >= 4 is 36.1 Å². The molecule has 4 unspecified atom stereocenters. The van der Waals surface area contributed by atoms with Crippen molar-refractivity contribution in [1.29, 1.82) is 0 Å². The van der Waals surface area contributed by atoms with Crippen molar-refractivity contribution in [1.82, 2.24) is 14.9 Å². The summed E-state index contributed by atoms with van der Waals surface area (Å²) in [6.45, 7) is 24.9. The number of aryl methyl sites for hydroxylation is 1. The standard InChI is InChI=1S/C29H49N3O5SeSi2/c1-20-17-32(27(34)31-25(20)33)26-24(38-21-15-13-12-14-16-21)23(30-19-36-40(10,11)29(5,6)7)22(37-26)18-35-39(8,9)28(2,3)4/h12-17,22-24,26,30H,18-19H2,1-11H3,(H,31,33,34). The third kappa shape index (κ3) is 7.74. The van der Waals surface area contributed by atoms with E-state index in [1.165, 1.54) is 4.46 Å². The van der Waals surface area contributed by atoms with Crippen molar-refractivity contribution < 1.29 is 13.6 Å². The first kappa shape index (κ1) is 33.2. The number of ether oxygens (including phenoxy) is 1. The van der Waals surface area contributed by atoms with Crippen LogP contribution in [0.5, 0.6) is 0 Å². The minimum absolute atomic E-state index is 0.0459. The second-order valence-corrected chi connectivity index (χ2v) is 26.0. The molecule has 2 heterocycles. The van der Waals surface area contributed by atoms with E-state index in [-0.39, 0.29) is 47.6 Å². The SMILES string of the molecule is Cc1cn(C2OC(CO[Si](C)(C)C(C)(C)C)C(NCO[Si](C)(C)C(C)(C)C)C2[Se]c2ccccc2)c(=O)[nH]c1=O. The van der Waals surface area contributed by atoms with Crippen LogP contribution in [0, 0.1) is 6.92 Å². The zero-order valence-electron chi connectivity index (χ0n) is 26.1. The molecule has 1 aliphatic rings. The van der Waals surface area contributed by atoms with Crippen molar-refractivity contribution in [3.05, 3.63) is 62.9 Å². The van der Waals surface area contributed by atoms with E-state index in [0.29, 0.717) is 18.9 Å². The van der Waals surface area contributed by atoms with E-state index in [1.54, 1.807) is 17.7 Å². The van der Waals surface area contributed by atoms with Crippen LogP contribution in [0.2, 0.25) is 41.1 Å². The van der Waals surface area contributed by atoms with Gasteiger partial charge in [0.15, 0.2) is 0 Å². The number of hydrogen-bond acceptors (Lipinski definition) is 6. The van der Waals surface area contributed by atoms with Gasteiger partial charge in [0.2, 0.25) is 0 Å². The fourth-order valence-electron chi connectivity index (χ4n) is 3.95. The van der Waals surface area contributed by atoms with Crippen LogP contribution in [0.4, 0.5) is 0 Å². The number of nitrogens with one attached hydrogen (secondary N) is 2. The number of H-pyrrole nitrogens is 1. The Morgan fingerprint density at radius 3 is 2.12 bits per heavy atom. The first-order chi connectivity index (χ1) is 18.3. The van der Waals surface area contributed by atoms with Gasteiger partial charge < -0.3 is 0 Å². The molecule has 0 spiro atoms. The molecule has 1 aromatic heterocycles. The molecule has 1 aliphatic heterocycles. The van der Waals surface area contributed by atoms with E-state index in [2.05, 4.69) is 90.2 Å². The number of hydrogen-bond donors (Lipinski definition) is 2. The number of benzene rings is 1. The Morgan fingerprint density at radius 2 is 1.55 bits per heavy atom. The van der Waals surface area contributed by atoms with Gasteiger partial charge in [-0.1, -0.05) is 0 Å². The van der Waals surface area contributed by atoms with E-state index in [1.807, 2.05) is 18.2 Å². The summed E-state index contributed by atoms with van der Waals surface area (Å²) in [5.41, 5.74) is -0.364. The van der Waals surface area contributed by atoms with Crippen LogP contribution in [0.1, 0.15) is 53.3 Å². The second kappa shape index (κ2) is 12.5. The summed E-state index contributed by atoms with van der Waals surface area (Å²) < 4.78 is 22.7. The summed E-state index contributed by atoms with van der Waals surface area (Å²) in [5, 5.41) is 3.84. The van der Waals surface area contributed by atoms with Crippen LogP contribution >= 0.6 is 0 Å². The van der Waals surface area contributed by atoms with Crippen LogP contribution in [0.3, 0.4) is 0 Å². The van der Waals surface area contributed by atoms with E-state index in [4.69, 9.17) is 13.6 Å². The molecule has 0 radical (unpaired) electrons. The summed E-state index contributed by atoms with van der Waals surface area (Å²) in [5.74, 6) is 0. The van der Waals surface area contributed by atoms with E-state index in [9.17, 15) is 9.59 Å². The molecule has 2 N–H and O–H groups in total. The Kier molecular flexibility index (Phi) is 10.4. The van der Waals surface area contributed by atoms with Gasteiger partial charge in [-0.2, -0.15) is 0 Å². The monoisotopic (exact) mass is 655 g/mol. The van der Waals surface area contributed by atoms with Gasteiger partial charge in [-0.25, -0.2) is 0 Å². The Labute approximate surface area is 248 Å². The summed E-state index contributed by atoms with van der Waals surface area (Å²) >= 11 is -0.0459. The molecule has 0 bridgehead atoms. The molecule has 2 aromatic rings. The van der Waals surface area contributed by atoms with Gasteiger partial charge in [0.05, 0.1) is 0 Å². The van der Waals surface area contributed by atoms with Gasteiger partial charge in [0.1, 0.15) is 0 Å². The zero-order valence-corrected chi connectivity index (χ0v) is 29.8. The molecule has 4 atom stereocenters. The molecule has 0 saturated carbocycles. The zero-order chi connectivity index (χ0) is 30.1. The third-order valence-electron chi connectivity index (χ3n) is 8.76. The van der Waals surface area contributed by atoms with Crippen molar-refractivity contribution in [2.24, 2.45) is 0 Å². The average molecular weight is 655 g/mol. The normalized spacial score (nSPS) is 22.6. The van der Waals surface area contributed by atoms with E-state index in [0.717, 1.165) is 0 Å². The first-order valence-electron chi connectivity index (χ1n) is 14.0. The molecule has 224 valence electrons. The maximum atomic E-state index is 13.1. The molecule has 40 heavy (non-hydrogen) atoms. The molecule has 0 aliphatic carbocycles. The fourth-order valence-corrected chi connectivity index (χ4v) is 8.69. The topological polar surface area (TPSA) is 94.6 Å². The third-order valence-corrected chi connectivity index (χ3v) is 20.6. The van der Waals surface area contributed by atoms with Gasteiger partial charge in [-0.3, -0.25) is 0 Å². The van der Waals surface area contributed by atoms with Crippen molar-refractivity contribution in [2.75, 3.05) is 13.3 Å². The Balaban J connectivity index is 2.00. The molecule has 8 nitrogen and oxygen atoms in total. The fraction of sp³-hybridized carbons (Fsp3) is 0.655. The van der Waals surface area contributed by atoms with Gasteiger partial charge in [0, 0.05) is 0 Å². The number of aromatic nitrogens is 2. The van der Waals surface area contributed by atoms with Crippen LogP contribution < -0.4 is 21.0 Å². The van der Waals surface area contributed by atoms with Gasteiger partial charge >= 0.3 is 249 Å². The molecule has 1 saturated heterocycles. The van der Waals surface area contributed by atoms with Gasteiger partial charge in [-0.05, 0) is 0 Å². The second-order valence-electron chi connectivity index (χ2n) is 13.8. The number of aromatic amines is 1. The average Bonchev–Trinajstić information content (AvgIpc) is 3.16. The van der Waals surface area contributed by atoms with Gasteiger partial charge in [-0.15, -0.1) is 0 Å². The van der Waals surface area contributed by atoms with E-state index >= 15 is 0 Å². The van der Waals surface area contributed by atoms with E-state index < -0.39 is 28.6 Å². The van der Waals surface area contributed by atoms with Crippen molar-refractivity contribution in [2.45, 2.75) is 108 Å². The molecule has 0 amide bonds. The minimum atomic E-state index is -2.06. The maximum absolute atomic E-state index is 13.1. The summed E-state index contributed by atoms with van der Waals surface area (Å²) in [6.07, 6.45) is 0.777. The molecular formula is C29H49N3O5SeSi2. The Hall–Kier alpha value is -1.31. The molecule has 1 aromatic carbocycles. The Morgan fingerprint density at radius 1 is 0.975 bits per heavy atom. The summed E-state index contributed by atoms with van der Waals surface area (Å²) in [7, 11) is -4.05. The first-order valence-corrected chi connectivity index (χ1v) is 21.7. The quantitative estimate of drug-likeness (QED) is 0.289. The van der Waals surface area contributed by atoms with Crippen molar-refractivity contribution in [3.8, 4) is 0 Å². The predicted octanol–water partition coefficient (Wildman–Crippen LogP) is 4.52.